The summed E-state index contributed by atoms with van der Waals surface area (Å²) in [5, 5.41) is 11.9. The van der Waals surface area contributed by atoms with E-state index in [1.807, 2.05) is 25.8 Å². The zero-order valence-corrected chi connectivity index (χ0v) is 12.9. The number of amides is 1. The fourth-order valence-electron chi connectivity index (χ4n) is 2.01. The van der Waals surface area contributed by atoms with Gasteiger partial charge in [0, 0.05) is 6.54 Å². The maximum absolute atomic E-state index is 12.1. The lowest BCUT2D eigenvalue weighted by Crippen LogP contribution is -2.44. The van der Waals surface area contributed by atoms with Gasteiger partial charge in [-0.2, -0.15) is 0 Å². The van der Waals surface area contributed by atoms with Gasteiger partial charge in [-0.15, -0.1) is 0 Å². The smallest absolute Gasteiger partial charge is 0.237 e. The lowest BCUT2D eigenvalue weighted by atomic mass is 10.0. The number of nitrogens with zero attached hydrogens (tertiary/aromatic N) is 1. The fourth-order valence-corrected chi connectivity index (χ4v) is 2.01. The molecular weight excluding hydrogens is 252 g/mol. The summed E-state index contributed by atoms with van der Waals surface area (Å²) in [5.74, 6) is -0.0204. The van der Waals surface area contributed by atoms with E-state index in [1.165, 1.54) is 5.56 Å². The van der Waals surface area contributed by atoms with E-state index in [-0.39, 0.29) is 24.6 Å². The maximum Gasteiger partial charge on any atom is 0.237 e. The number of aryl methyl sites for hydroxylation is 1. The van der Waals surface area contributed by atoms with Gasteiger partial charge in [-0.25, -0.2) is 0 Å². The molecule has 0 aliphatic carbocycles. The number of aliphatic hydroxyl groups excluding tert-OH is 1. The first-order chi connectivity index (χ1) is 9.49. The second-order valence-electron chi connectivity index (χ2n) is 5.21. The van der Waals surface area contributed by atoms with Gasteiger partial charge in [-0.1, -0.05) is 31.2 Å². The van der Waals surface area contributed by atoms with Crippen molar-refractivity contribution in [3.63, 3.8) is 0 Å². The van der Waals surface area contributed by atoms with Gasteiger partial charge in [0.1, 0.15) is 0 Å². The second kappa shape index (κ2) is 8.02. The number of benzene rings is 1. The van der Waals surface area contributed by atoms with Crippen LogP contribution in [-0.2, 0) is 11.2 Å². The molecule has 0 fully saturated rings. The number of nitrogens with one attached hydrogen (secondary N) is 1. The highest BCUT2D eigenvalue weighted by Gasteiger charge is 2.19. The predicted octanol–water partition coefficient (Wildman–Crippen LogP) is 1.74. The van der Waals surface area contributed by atoms with Crippen LogP contribution in [0.5, 0.6) is 0 Å². The molecule has 0 aliphatic heterocycles. The third kappa shape index (κ3) is 4.62. The Morgan fingerprint density at radius 2 is 1.90 bits per heavy atom. The van der Waals surface area contributed by atoms with Crippen molar-refractivity contribution >= 4 is 5.91 Å². The molecule has 0 saturated carbocycles. The highest BCUT2D eigenvalue weighted by Crippen LogP contribution is 2.14. The van der Waals surface area contributed by atoms with Gasteiger partial charge >= 0.3 is 0 Å². The van der Waals surface area contributed by atoms with E-state index in [0.717, 1.165) is 12.0 Å². The normalized spacial score (nSPS) is 14.1. The number of hydrogen-bond acceptors (Lipinski definition) is 3. The van der Waals surface area contributed by atoms with Gasteiger partial charge in [-0.05, 0) is 38.4 Å². The average Bonchev–Trinajstić information content (AvgIpc) is 2.46. The van der Waals surface area contributed by atoms with E-state index in [9.17, 15) is 4.79 Å². The van der Waals surface area contributed by atoms with Crippen LogP contribution in [0.1, 0.15) is 37.9 Å². The molecule has 1 rings (SSSR count). The Morgan fingerprint density at radius 3 is 2.40 bits per heavy atom. The van der Waals surface area contributed by atoms with Crippen LogP contribution in [0.25, 0.3) is 0 Å². The molecule has 2 unspecified atom stereocenters. The summed E-state index contributed by atoms with van der Waals surface area (Å²) in [6, 6.07) is 8.05. The van der Waals surface area contributed by atoms with Gasteiger partial charge < -0.3 is 10.4 Å². The molecule has 0 spiro atoms. The van der Waals surface area contributed by atoms with E-state index in [1.54, 1.807) is 0 Å². The van der Waals surface area contributed by atoms with Crippen molar-refractivity contribution in [1.82, 2.24) is 10.2 Å². The molecule has 2 atom stereocenters. The largest absolute Gasteiger partial charge is 0.395 e. The quantitative estimate of drug-likeness (QED) is 0.799. The highest BCUT2D eigenvalue weighted by atomic mass is 16.3. The Bertz CT molecular complexity index is 417. The van der Waals surface area contributed by atoms with E-state index in [2.05, 4.69) is 36.5 Å². The minimum atomic E-state index is -0.250. The highest BCUT2D eigenvalue weighted by molar-refractivity contribution is 5.81. The molecule has 0 heterocycles. The molecular formula is C16H26N2O2. The number of hydrogen-bond donors (Lipinski definition) is 2. The summed E-state index contributed by atoms with van der Waals surface area (Å²) in [7, 11) is 1.83. The first kappa shape index (κ1) is 16.7. The molecule has 20 heavy (non-hydrogen) atoms. The number of carbonyl (C=O) groups is 1. The second-order valence-corrected chi connectivity index (χ2v) is 5.21. The van der Waals surface area contributed by atoms with Crippen LogP contribution in [0, 0.1) is 0 Å². The van der Waals surface area contributed by atoms with Crippen LogP contribution in [0.15, 0.2) is 24.3 Å². The summed E-state index contributed by atoms with van der Waals surface area (Å²) in [4.78, 5) is 14.0. The van der Waals surface area contributed by atoms with Crippen molar-refractivity contribution < 1.29 is 9.90 Å². The van der Waals surface area contributed by atoms with Crippen molar-refractivity contribution in [3.05, 3.63) is 35.4 Å². The SMILES string of the molecule is CCc1ccc(C(C)NC(=O)C(C)N(C)CCO)cc1. The Balaban J connectivity index is 2.59. The Hall–Kier alpha value is -1.39. The van der Waals surface area contributed by atoms with Crippen LogP contribution in [-0.4, -0.2) is 42.2 Å². The molecule has 4 heteroatoms. The molecule has 4 nitrogen and oxygen atoms in total. The molecule has 0 aliphatic rings. The summed E-state index contributed by atoms with van der Waals surface area (Å²) in [6.45, 7) is 6.50. The van der Waals surface area contributed by atoms with E-state index in [0.29, 0.717) is 6.54 Å². The monoisotopic (exact) mass is 278 g/mol. The van der Waals surface area contributed by atoms with Gasteiger partial charge in [-0.3, -0.25) is 9.69 Å². The molecule has 2 N–H and O–H groups in total. The molecule has 1 aromatic carbocycles. The summed E-state index contributed by atoms with van der Waals surface area (Å²) >= 11 is 0. The van der Waals surface area contributed by atoms with Crippen molar-refractivity contribution in [3.8, 4) is 0 Å². The van der Waals surface area contributed by atoms with E-state index >= 15 is 0 Å². The van der Waals surface area contributed by atoms with E-state index < -0.39 is 0 Å². The van der Waals surface area contributed by atoms with Crippen molar-refractivity contribution in [2.75, 3.05) is 20.2 Å². The Labute approximate surface area is 121 Å². The van der Waals surface area contributed by atoms with Gasteiger partial charge in [0.15, 0.2) is 0 Å². The van der Waals surface area contributed by atoms with Crippen LogP contribution < -0.4 is 5.32 Å². The van der Waals surface area contributed by atoms with Crippen LogP contribution in [0.2, 0.25) is 0 Å². The number of carbonyl (C=O) groups excluding carboxylic acids is 1. The molecule has 1 aromatic rings. The Kier molecular flexibility index (Phi) is 6.68. The van der Waals surface area contributed by atoms with Crippen molar-refractivity contribution in [2.24, 2.45) is 0 Å². The topological polar surface area (TPSA) is 52.6 Å². The standard InChI is InChI=1S/C16H26N2O2/c1-5-14-6-8-15(9-7-14)12(2)17-16(20)13(3)18(4)10-11-19/h6-9,12-13,19H,5,10-11H2,1-4H3,(H,17,20). The van der Waals surface area contributed by atoms with Crippen molar-refractivity contribution in [2.45, 2.75) is 39.3 Å². The van der Waals surface area contributed by atoms with Gasteiger partial charge in [0.05, 0.1) is 18.7 Å². The first-order valence-electron chi connectivity index (χ1n) is 7.19. The first-order valence-corrected chi connectivity index (χ1v) is 7.19. The van der Waals surface area contributed by atoms with Gasteiger partial charge in [0.25, 0.3) is 0 Å². The average molecular weight is 278 g/mol. The molecule has 0 bridgehead atoms. The number of aliphatic hydroxyl groups is 1. The Morgan fingerprint density at radius 1 is 1.30 bits per heavy atom. The zero-order chi connectivity index (χ0) is 15.1. The molecule has 0 saturated heterocycles. The third-order valence-corrected chi connectivity index (χ3v) is 3.74. The third-order valence-electron chi connectivity index (χ3n) is 3.74. The van der Waals surface area contributed by atoms with Crippen LogP contribution in [0.3, 0.4) is 0 Å². The zero-order valence-electron chi connectivity index (χ0n) is 12.9. The minimum Gasteiger partial charge on any atom is -0.395 e. The minimum absolute atomic E-state index is 0.0154. The molecule has 1 amide bonds. The van der Waals surface area contributed by atoms with Crippen molar-refractivity contribution in [1.29, 1.82) is 0 Å². The van der Waals surface area contributed by atoms with Crippen LogP contribution >= 0.6 is 0 Å². The lowest BCUT2D eigenvalue weighted by Gasteiger charge is -2.25. The molecule has 0 aromatic heterocycles. The summed E-state index contributed by atoms with van der Waals surface area (Å²) < 4.78 is 0. The fraction of sp³-hybridized carbons (Fsp3) is 0.562. The van der Waals surface area contributed by atoms with Gasteiger partial charge in [0.2, 0.25) is 5.91 Å². The van der Waals surface area contributed by atoms with Crippen LogP contribution in [0.4, 0.5) is 0 Å². The number of rotatable bonds is 7. The lowest BCUT2D eigenvalue weighted by molar-refractivity contribution is -0.126. The predicted molar refractivity (Wildman–Crippen MR) is 81.6 cm³/mol. The molecule has 0 radical (unpaired) electrons. The molecule has 112 valence electrons. The summed E-state index contributed by atoms with van der Waals surface area (Å²) in [5.41, 5.74) is 2.40. The number of likely N-dealkylation sites (N-methyl/N-ethyl adjacent to an activating group) is 1. The summed E-state index contributed by atoms with van der Waals surface area (Å²) in [6.07, 6.45) is 1.02. The maximum atomic E-state index is 12.1. The van der Waals surface area contributed by atoms with E-state index in [4.69, 9.17) is 5.11 Å².